The van der Waals surface area contributed by atoms with E-state index in [-0.39, 0.29) is 5.97 Å². The SMILES string of the molecule is CC(C)Cc1ccc(C(C)C(=O)O)cc1.CCCCCCCCCCCCCCCCCCOC(=O)CCCCCCCCCCCCCCCCC. The average Bonchev–Trinajstić information content (AvgIpc) is 3.14. The van der Waals surface area contributed by atoms with Crippen molar-refractivity contribution in [1.29, 1.82) is 0 Å². The summed E-state index contributed by atoms with van der Waals surface area (Å²) in [5.74, 6) is -0.530. The highest BCUT2D eigenvalue weighted by atomic mass is 16.5. The van der Waals surface area contributed by atoms with Gasteiger partial charge < -0.3 is 9.84 Å². The zero-order chi connectivity index (χ0) is 39.0. The van der Waals surface area contributed by atoms with Crippen LogP contribution in [0.1, 0.15) is 257 Å². The van der Waals surface area contributed by atoms with Crippen molar-refractivity contribution in [3.63, 3.8) is 0 Å². The third-order valence-corrected chi connectivity index (χ3v) is 10.7. The monoisotopic (exact) mass is 743 g/mol. The summed E-state index contributed by atoms with van der Waals surface area (Å²) in [4.78, 5) is 22.7. The van der Waals surface area contributed by atoms with Crippen molar-refractivity contribution in [2.24, 2.45) is 5.92 Å². The molecule has 1 N–H and O–H groups in total. The Kier molecular flexibility index (Phi) is 38.5. The number of benzene rings is 1. The molecule has 4 heteroatoms. The van der Waals surface area contributed by atoms with Crippen LogP contribution in [0.2, 0.25) is 0 Å². The Bertz CT molecular complexity index is 908. The Morgan fingerprint density at radius 3 is 1.13 bits per heavy atom. The molecular formula is C49H90O4. The Balaban J connectivity index is 0.00000149. The highest BCUT2D eigenvalue weighted by molar-refractivity contribution is 5.75. The lowest BCUT2D eigenvalue weighted by Crippen LogP contribution is -2.07. The van der Waals surface area contributed by atoms with Crippen molar-refractivity contribution >= 4 is 11.9 Å². The summed E-state index contributed by atoms with van der Waals surface area (Å²) < 4.78 is 5.44. The lowest BCUT2D eigenvalue weighted by molar-refractivity contribution is -0.144. The van der Waals surface area contributed by atoms with E-state index in [1.54, 1.807) is 6.92 Å². The van der Waals surface area contributed by atoms with Gasteiger partial charge >= 0.3 is 11.9 Å². The van der Waals surface area contributed by atoms with Gasteiger partial charge in [-0.15, -0.1) is 0 Å². The van der Waals surface area contributed by atoms with Gasteiger partial charge in [0, 0.05) is 6.42 Å². The molecule has 0 aliphatic heterocycles. The molecule has 0 saturated heterocycles. The molecule has 0 saturated carbocycles. The first-order valence-corrected chi connectivity index (χ1v) is 23.3. The lowest BCUT2D eigenvalue weighted by atomic mass is 9.97. The van der Waals surface area contributed by atoms with Crippen molar-refractivity contribution < 1.29 is 19.4 Å². The van der Waals surface area contributed by atoms with Crippen LogP contribution < -0.4 is 0 Å². The van der Waals surface area contributed by atoms with Crippen molar-refractivity contribution in [1.82, 2.24) is 0 Å². The van der Waals surface area contributed by atoms with E-state index in [4.69, 9.17) is 9.84 Å². The number of hydrogen-bond donors (Lipinski definition) is 1. The van der Waals surface area contributed by atoms with Gasteiger partial charge in [-0.25, -0.2) is 0 Å². The molecular weight excluding hydrogens is 653 g/mol. The molecule has 1 aromatic carbocycles. The highest BCUT2D eigenvalue weighted by Gasteiger charge is 2.13. The summed E-state index contributed by atoms with van der Waals surface area (Å²) in [5.41, 5.74) is 2.14. The number of carboxylic acid groups (broad SMARTS) is 1. The fraction of sp³-hybridized carbons (Fsp3) is 0.837. The number of esters is 1. The molecule has 0 fully saturated rings. The van der Waals surface area contributed by atoms with Crippen molar-refractivity contribution in [2.75, 3.05) is 6.61 Å². The van der Waals surface area contributed by atoms with E-state index in [0.717, 1.165) is 24.8 Å². The van der Waals surface area contributed by atoms with Crippen LogP contribution in [0.15, 0.2) is 24.3 Å². The van der Waals surface area contributed by atoms with Crippen LogP contribution in [0, 0.1) is 5.92 Å². The number of carboxylic acids is 1. The van der Waals surface area contributed by atoms with Gasteiger partial charge in [0.1, 0.15) is 0 Å². The van der Waals surface area contributed by atoms with E-state index < -0.39 is 11.9 Å². The van der Waals surface area contributed by atoms with Gasteiger partial charge in [-0.3, -0.25) is 9.59 Å². The first kappa shape index (κ1) is 51.2. The van der Waals surface area contributed by atoms with Crippen LogP contribution in [0.3, 0.4) is 0 Å². The Morgan fingerprint density at radius 2 is 0.811 bits per heavy atom. The van der Waals surface area contributed by atoms with Crippen molar-refractivity contribution in [3.8, 4) is 0 Å². The van der Waals surface area contributed by atoms with Gasteiger partial charge in [0.25, 0.3) is 0 Å². The number of carbonyl (C=O) groups excluding carboxylic acids is 1. The molecule has 0 amide bonds. The number of ether oxygens (including phenoxy) is 1. The number of carbonyl (C=O) groups is 2. The zero-order valence-corrected chi connectivity index (χ0v) is 36.2. The minimum Gasteiger partial charge on any atom is -0.481 e. The van der Waals surface area contributed by atoms with Gasteiger partial charge in [0.2, 0.25) is 0 Å². The Labute approximate surface area is 330 Å². The second-order valence-electron chi connectivity index (χ2n) is 16.6. The molecule has 0 heterocycles. The molecule has 4 nitrogen and oxygen atoms in total. The smallest absolute Gasteiger partial charge is 0.310 e. The van der Waals surface area contributed by atoms with Crippen LogP contribution in [0.25, 0.3) is 0 Å². The minimum absolute atomic E-state index is 0.0284. The molecule has 310 valence electrons. The van der Waals surface area contributed by atoms with E-state index in [0.29, 0.717) is 18.9 Å². The molecule has 0 aromatic heterocycles. The average molecular weight is 743 g/mol. The molecule has 1 atom stereocenters. The highest BCUT2D eigenvalue weighted by Crippen LogP contribution is 2.18. The molecule has 1 rings (SSSR count). The summed E-state index contributed by atoms with van der Waals surface area (Å²) in [7, 11) is 0. The summed E-state index contributed by atoms with van der Waals surface area (Å²) in [6.45, 7) is 11.3. The summed E-state index contributed by atoms with van der Waals surface area (Å²) in [6.07, 6.45) is 44.1. The number of hydrogen-bond acceptors (Lipinski definition) is 3. The van der Waals surface area contributed by atoms with E-state index in [9.17, 15) is 9.59 Å². The van der Waals surface area contributed by atoms with Crippen molar-refractivity contribution in [2.45, 2.75) is 252 Å². The second kappa shape index (κ2) is 39.8. The first-order chi connectivity index (χ1) is 25.8. The Morgan fingerprint density at radius 1 is 0.491 bits per heavy atom. The standard InChI is InChI=1S/C36H72O2.C13H18O2/c1-3-5-7-9-11-13-15-17-19-21-23-25-27-29-31-33-35-38-36(37)34-32-30-28-26-24-22-20-18-16-14-12-10-8-6-4-2;1-9(2)8-11-4-6-12(7-5-11)10(3)13(14)15/h3-35H2,1-2H3;4-7,9-10H,8H2,1-3H3,(H,14,15). The third-order valence-electron chi connectivity index (χ3n) is 10.7. The zero-order valence-electron chi connectivity index (χ0n) is 36.2. The summed E-state index contributed by atoms with van der Waals surface area (Å²) in [6, 6.07) is 7.87. The maximum Gasteiger partial charge on any atom is 0.310 e. The maximum absolute atomic E-state index is 11.9. The van der Waals surface area contributed by atoms with Crippen LogP contribution in [-0.2, 0) is 20.7 Å². The largest absolute Gasteiger partial charge is 0.481 e. The van der Waals surface area contributed by atoms with Crippen molar-refractivity contribution in [3.05, 3.63) is 35.4 Å². The van der Waals surface area contributed by atoms with Crippen LogP contribution in [0.5, 0.6) is 0 Å². The van der Waals surface area contributed by atoms with Gasteiger partial charge in [0.15, 0.2) is 0 Å². The van der Waals surface area contributed by atoms with Crippen LogP contribution in [0.4, 0.5) is 0 Å². The topological polar surface area (TPSA) is 63.6 Å². The number of unbranched alkanes of at least 4 members (excludes halogenated alkanes) is 29. The first-order valence-electron chi connectivity index (χ1n) is 23.3. The molecule has 0 aliphatic carbocycles. The normalized spacial score (nSPS) is 11.7. The van der Waals surface area contributed by atoms with Gasteiger partial charge in [-0.05, 0) is 43.2 Å². The molecule has 0 bridgehead atoms. The number of aliphatic carboxylic acids is 1. The maximum atomic E-state index is 11.9. The summed E-state index contributed by atoms with van der Waals surface area (Å²) >= 11 is 0. The molecule has 0 aliphatic rings. The minimum atomic E-state index is -0.772. The summed E-state index contributed by atoms with van der Waals surface area (Å²) in [5, 5.41) is 8.85. The van der Waals surface area contributed by atoms with Crippen LogP contribution in [-0.4, -0.2) is 23.7 Å². The fourth-order valence-corrected chi connectivity index (χ4v) is 7.11. The predicted octanol–water partition coefficient (Wildman–Crippen LogP) is 16.1. The lowest BCUT2D eigenvalue weighted by Gasteiger charge is -2.09. The Hall–Kier alpha value is -1.84. The molecule has 1 unspecified atom stereocenters. The molecule has 1 aromatic rings. The predicted molar refractivity (Wildman–Crippen MR) is 231 cm³/mol. The molecule has 53 heavy (non-hydrogen) atoms. The van der Waals surface area contributed by atoms with Crippen LogP contribution >= 0.6 is 0 Å². The molecule has 0 spiro atoms. The number of rotatable bonds is 37. The fourth-order valence-electron chi connectivity index (χ4n) is 7.11. The second-order valence-corrected chi connectivity index (χ2v) is 16.6. The van der Waals surface area contributed by atoms with E-state index in [1.807, 2.05) is 24.3 Å². The van der Waals surface area contributed by atoms with E-state index >= 15 is 0 Å². The molecule has 0 radical (unpaired) electrons. The van der Waals surface area contributed by atoms with E-state index in [2.05, 4.69) is 27.7 Å². The van der Waals surface area contributed by atoms with Gasteiger partial charge in [0.05, 0.1) is 12.5 Å². The quantitative estimate of drug-likeness (QED) is 0.0544. The van der Waals surface area contributed by atoms with Gasteiger partial charge in [-0.1, -0.05) is 238 Å². The third kappa shape index (κ3) is 36.9. The van der Waals surface area contributed by atoms with Gasteiger partial charge in [-0.2, -0.15) is 0 Å². The van der Waals surface area contributed by atoms with E-state index in [1.165, 1.54) is 192 Å².